The van der Waals surface area contributed by atoms with Gasteiger partial charge in [0.15, 0.2) is 0 Å². The van der Waals surface area contributed by atoms with Crippen LogP contribution in [0.15, 0.2) is 48.5 Å². The molecule has 0 saturated heterocycles. The topological polar surface area (TPSA) is 111 Å². The third kappa shape index (κ3) is 5.76. The van der Waals surface area contributed by atoms with Crippen molar-refractivity contribution >= 4 is 34.3 Å². The number of benzene rings is 2. The number of hydrogen-bond donors (Lipinski definition) is 2. The van der Waals surface area contributed by atoms with Crippen LogP contribution < -0.4 is 10.6 Å². The predicted octanol–water partition coefficient (Wildman–Crippen LogP) is 3.91. The number of fused-ring (bicyclic) bond motifs is 1. The van der Waals surface area contributed by atoms with E-state index in [4.69, 9.17) is 20.6 Å². The first-order chi connectivity index (χ1) is 17.4. The molecule has 4 rings (SSSR count). The molecule has 1 amide bonds. The average Bonchev–Trinajstić information content (AvgIpc) is 3.48. The van der Waals surface area contributed by atoms with E-state index < -0.39 is 5.97 Å². The number of amides is 1. The summed E-state index contributed by atoms with van der Waals surface area (Å²) in [5.41, 5.74) is 10.5. The number of esters is 1. The lowest BCUT2D eigenvalue weighted by Crippen LogP contribution is -2.41. The second-order valence-corrected chi connectivity index (χ2v) is 9.23. The number of rotatable bonds is 10. The monoisotopic (exact) mass is 490 g/mol. The number of nitrogens with two attached hydrogens (primary N) is 1. The summed E-state index contributed by atoms with van der Waals surface area (Å²) in [5, 5.41) is 8.63. The Balaban J connectivity index is 1.55. The minimum Gasteiger partial charge on any atom is -0.464 e. The van der Waals surface area contributed by atoms with Crippen LogP contribution in [0, 0.1) is 5.41 Å². The number of amidine groups is 1. The standard InChI is InChI=1S/C28H34N4O4/c1-3-36-27(34)18-35-17-26(33)32(22-6-4-5-7-22)23-12-13-25-21(15-23)16-24(31(25)2)14-19-8-10-20(11-9-19)28(29)30/h8-13,15-16,22H,3-7,14,17-18H2,1-2H3,(H3,29,30). The molecule has 1 saturated carbocycles. The van der Waals surface area contributed by atoms with Gasteiger partial charge < -0.3 is 24.7 Å². The molecule has 2 aromatic carbocycles. The highest BCUT2D eigenvalue weighted by Crippen LogP contribution is 2.32. The summed E-state index contributed by atoms with van der Waals surface area (Å²) < 4.78 is 12.4. The van der Waals surface area contributed by atoms with Crippen LogP contribution in [0.2, 0.25) is 0 Å². The van der Waals surface area contributed by atoms with Gasteiger partial charge >= 0.3 is 5.97 Å². The third-order valence-corrected chi connectivity index (χ3v) is 6.76. The summed E-state index contributed by atoms with van der Waals surface area (Å²) in [6, 6.07) is 16.1. The molecule has 0 bridgehead atoms. The van der Waals surface area contributed by atoms with Gasteiger partial charge in [-0.3, -0.25) is 10.2 Å². The van der Waals surface area contributed by atoms with E-state index in [9.17, 15) is 9.59 Å². The van der Waals surface area contributed by atoms with Crippen LogP contribution in [0.25, 0.3) is 10.9 Å². The number of carbonyl (C=O) groups excluding carboxylic acids is 2. The number of aromatic nitrogens is 1. The first-order valence-corrected chi connectivity index (χ1v) is 12.4. The van der Waals surface area contributed by atoms with Gasteiger partial charge in [0.2, 0.25) is 0 Å². The van der Waals surface area contributed by atoms with Gasteiger partial charge in [0, 0.05) is 47.4 Å². The van der Waals surface area contributed by atoms with Crippen molar-refractivity contribution < 1.29 is 19.1 Å². The highest BCUT2D eigenvalue weighted by atomic mass is 16.6. The fraction of sp³-hybridized carbons (Fsp3) is 0.393. The second-order valence-electron chi connectivity index (χ2n) is 9.23. The van der Waals surface area contributed by atoms with Gasteiger partial charge in [0.25, 0.3) is 5.91 Å². The molecule has 3 N–H and O–H groups in total. The highest BCUT2D eigenvalue weighted by Gasteiger charge is 2.28. The minimum absolute atomic E-state index is 0.0614. The summed E-state index contributed by atoms with van der Waals surface area (Å²) in [4.78, 5) is 26.7. The average molecular weight is 491 g/mol. The number of nitrogen functional groups attached to an aromatic ring is 1. The minimum atomic E-state index is -0.466. The van der Waals surface area contributed by atoms with E-state index in [2.05, 4.69) is 22.8 Å². The summed E-state index contributed by atoms with van der Waals surface area (Å²) in [6.45, 7) is 1.63. The molecule has 0 radical (unpaired) electrons. The Kier molecular flexibility index (Phi) is 8.05. The zero-order chi connectivity index (χ0) is 25.7. The molecule has 1 aromatic heterocycles. The van der Waals surface area contributed by atoms with E-state index in [1.807, 2.05) is 42.3 Å². The maximum Gasteiger partial charge on any atom is 0.332 e. The van der Waals surface area contributed by atoms with Crippen LogP contribution in [-0.2, 0) is 32.5 Å². The van der Waals surface area contributed by atoms with Gasteiger partial charge in [0.05, 0.1) is 6.61 Å². The zero-order valence-corrected chi connectivity index (χ0v) is 21.0. The molecule has 190 valence electrons. The van der Waals surface area contributed by atoms with Crippen molar-refractivity contribution in [3.63, 3.8) is 0 Å². The van der Waals surface area contributed by atoms with Crippen molar-refractivity contribution in [2.45, 2.75) is 45.1 Å². The van der Waals surface area contributed by atoms with Gasteiger partial charge in [-0.2, -0.15) is 0 Å². The third-order valence-electron chi connectivity index (χ3n) is 6.76. The van der Waals surface area contributed by atoms with E-state index in [0.717, 1.165) is 60.0 Å². The van der Waals surface area contributed by atoms with Crippen LogP contribution in [-0.4, -0.2) is 48.1 Å². The van der Waals surface area contributed by atoms with Gasteiger partial charge in [-0.1, -0.05) is 37.1 Å². The van der Waals surface area contributed by atoms with Gasteiger partial charge in [0.1, 0.15) is 19.0 Å². The number of ether oxygens (including phenoxy) is 2. The molecular formula is C28H34N4O4. The van der Waals surface area contributed by atoms with Crippen LogP contribution in [0.1, 0.15) is 49.4 Å². The van der Waals surface area contributed by atoms with E-state index >= 15 is 0 Å². The summed E-state index contributed by atoms with van der Waals surface area (Å²) in [5.74, 6) is -0.550. The van der Waals surface area contributed by atoms with E-state index in [0.29, 0.717) is 5.56 Å². The number of nitrogens with one attached hydrogen (secondary N) is 1. The molecule has 0 spiro atoms. The van der Waals surface area contributed by atoms with Crippen LogP contribution in [0.3, 0.4) is 0 Å². The molecule has 1 heterocycles. The predicted molar refractivity (Wildman–Crippen MR) is 140 cm³/mol. The van der Waals surface area contributed by atoms with Crippen LogP contribution in [0.5, 0.6) is 0 Å². The number of hydrogen-bond acceptors (Lipinski definition) is 5. The first-order valence-electron chi connectivity index (χ1n) is 12.4. The molecule has 1 fully saturated rings. The fourth-order valence-corrected chi connectivity index (χ4v) is 4.94. The Hall–Kier alpha value is -3.65. The molecule has 0 unspecified atom stereocenters. The Bertz CT molecular complexity index is 1240. The Labute approximate surface area is 211 Å². The molecule has 1 aliphatic carbocycles. The van der Waals surface area contributed by atoms with Crippen molar-refractivity contribution in [2.24, 2.45) is 12.8 Å². The first kappa shape index (κ1) is 25.4. The lowest BCUT2D eigenvalue weighted by atomic mass is 10.1. The number of nitrogens with zero attached hydrogens (tertiary/aromatic N) is 2. The largest absolute Gasteiger partial charge is 0.464 e. The SMILES string of the molecule is CCOC(=O)COCC(=O)N(c1ccc2c(c1)cc(Cc1ccc(C(=N)N)cc1)n2C)C1CCCC1. The highest BCUT2D eigenvalue weighted by molar-refractivity contribution is 5.97. The molecule has 8 nitrogen and oxygen atoms in total. The summed E-state index contributed by atoms with van der Waals surface area (Å²) >= 11 is 0. The lowest BCUT2D eigenvalue weighted by Gasteiger charge is -2.29. The second kappa shape index (κ2) is 11.4. The molecule has 0 aliphatic heterocycles. The molecule has 1 aliphatic rings. The summed E-state index contributed by atoms with van der Waals surface area (Å²) in [6.07, 6.45) is 4.85. The Morgan fingerprint density at radius 3 is 2.47 bits per heavy atom. The van der Waals surface area contributed by atoms with E-state index in [-0.39, 0.29) is 37.6 Å². The van der Waals surface area contributed by atoms with Gasteiger partial charge in [-0.25, -0.2) is 4.79 Å². The normalized spacial score (nSPS) is 13.7. The smallest absolute Gasteiger partial charge is 0.332 e. The van der Waals surface area contributed by atoms with Crippen molar-refractivity contribution in [3.8, 4) is 0 Å². The number of anilines is 1. The van der Waals surface area contributed by atoms with Crippen molar-refractivity contribution in [3.05, 3.63) is 65.4 Å². The van der Waals surface area contributed by atoms with Gasteiger partial charge in [-0.15, -0.1) is 0 Å². The molecule has 3 aromatic rings. The molecule has 36 heavy (non-hydrogen) atoms. The van der Waals surface area contributed by atoms with Crippen LogP contribution in [0.4, 0.5) is 5.69 Å². The van der Waals surface area contributed by atoms with Crippen molar-refractivity contribution in [1.29, 1.82) is 5.41 Å². The van der Waals surface area contributed by atoms with Crippen LogP contribution >= 0.6 is 0 Å². The molecule has 0 atom stereocenters. The van der Waals surface area contributed by atoms with E-state index in [1.165, 1.54) is 0 Å². The van der Waals surface area contributed by atoms with E-state index in [1.54, 1.807) is 6.92 Å². The summed E-state index contributed by atoms with van der Waals surface area (Å²) in [7, 11) is 2.05. The lowest BCUT2D eigenvalue weighted by molar-refractivity contribution is -0.149. The maximum absolute atomic E-state index is 13.2. The Morgan fingerprint density at radius 1 is 1.08 bits per heavy atom. The Morgan fingerprint density at radius 2 is 1.81 bits per heavy atom. The number of carbonyl (C=O) groups is 2. The quantitative estimate of drug-likeness (QED) is 0.254. The van der Waals surface area contributed by atoms with Crippen molar-refractivity contribution in [1.82, 2.24) is 4.57 Å². The van der Waals surface area contributed by atoms with Gasteiger partial charge in [-0.05, 0) is 49.6 Å². The maximum atomic E-state index is 13.2. The number of aryl methyl sites for hydroxylation is 1. The zero-order valence-electron chi connectivity index (χ0n) is 21.0. The molecule has 8 heteroatoms. The fourth-order valence-electron chi connectivity index (χ4n) is 4.94. The van der Waals surface area contributed by atoms with Crippen molar-refractivity contribution in [2.75, 3.05) is 24.7 Å². The molecular weight excluding hydrogens is 456 g/mol.